The van der Waals surface area contributed by atoms with Crippen LogP contribution in [-0.2, 0) is 25.4 Å². The lowest BCUT2D eigenvalue weighted by Crippen LogP contribution is -2.52. The standard InChI is InChI=1S/C17H23N3O4S/c18-16(22)17(8-9-17)19-15(21)14-7-4-10-20(11-14)25(23,24)12-13-5-2-1-3-6-13/h1-3,5-6,14H,4,7-12H2,(H2,18,22)(H,19,21). The van der Waals surface area contributed by atoms with E-state index in [0.717, 1.165) is 5.56 Å². The van der Waals surface area contributed by atoms with Crippen molar-refractivity contribution in [2.45, 2.75) is 37.0 Å². The van der Waals surface area contributed by atoms with Crippen LogP contribution in [0, 0.1) is 5.92 Å². The van der Waals surface area contributed by atoms with Gasteiger partial charge in [0.05, 0.1) is 11.7 Å². The molecule has 136 valence electrons. The fourth-order valence-electron chi connectivity index (χ4n) is 3.18. The van der Waals surface area contributed by atoms with Crippen molar-refractivity contribution >= 4 is 21.8 Å². The third-order valence-corrected chi connectivity index (χ3v) is 6.74. The molecule has 2 amide bonds. The summed E-state index contributed by atoms with van der Waals surface area (Å²) in [6.45, 7) is 0.565. The number of nitrogens with one attached hydrogen (secondary N) is 1. The Morgan fingerprint density at radius 3 is 2.52 bits per heavy atom. The van der Waals surface area contributed by atoms with E-state index in [1.54, 1.807) is 24.3 Å². The highest BCUT2D eigenvalue weighted by Gasteiger charge is 2.50. The lowest BCUT2D eigenvalue weighted by atomic mass is 9.98. The number of nitrogens with zero attached hydrogens (tertiary/aromatic N) is 1. The normalized spacial score (nSPS) is 23.0. The maximum atomic E-state index is 12.6. The number of sulfonamides is 1. The minimum absolute atomic E-state index is 0.0760. The van der Waals surface area contributed by atoms with Gasteiger partial charge >= 0.3 is 0 Å². The van der Waals surface area contributed by atoms with Crippen LogP contribution in [0.5, 0.6) is 0 Å². The molecule has 1 saturated carbocycles. The monoisotopic (exact) mass is 365 g/mol. The average molecular weight is 365 g/mol. The molecule has 1 saturated heterocycles. The van der Waals surface area contributed by atoms with Crippen LogP contribution in [0.2, 0.25) is 0 Å². The summed E-state index contributed by atoms with van der Waals surface area (Å²) in [6.07, 6.45) is 2.33. The molecule has 1 heterocycles. The zero-order valence-electron chi connectivity index (χ0n) is 14.0. The number of primary amides is 1. The second-order valence-corrected chi connectivity index (χ2v) is 8.84. The van der Waals surface area contributed by atoms with Crippen LogP contribution in [0.3, 0.4) is 0 Å². The summed E-state index contributed by atoms with van der Waals surface area (Å²) in [4.78, 5) is 23.9. The molecule has 8 heteroatoms. The summed E-state index contributed by atoms with van der Waals surface area (Å²) in [7, 11) is -3.49. The van der Waals surface area contributed by atoms with Crippen molar-refractivity contribution in [3.63, 3.8) is 0 Å². The number of rotatable bonds is 6. The molecule has 0 aromatic heterocycles. The van der Waals surface area contributed by atoms with E-state index >= 15 is 0 Å². The Morgan fingerprint density at radius 1 is 1.24 bits per heavy atom. The molecule has 0 radical (unpaired) electrons. The van der Waals surface area contributed by atoms with Gasteiger partial charge in [0, 0.05) is 13.1 Å². The average Bonchev–Trinajstić information content (AvgIpc) is 3.36. The van der Waals surface area contributed by atoms with Gasteiger partial charge in [0.1, 0.15) is 5.54 Å². The number of benzene rings is 1. The smallest absolute Gasteiger partial charge is 0.243 e. The predicted molar refractivity (Wildman–Crippen MR) is 92.7 cm³/mol. The van der Waals surface area contributed by atoms with E-state index in [0.29, 0.717) is 32.2 Å². The van der Waals surface area contributed by atoms with Gasteiger partial charge in [0.25, 0.3) is 0 Å². The first-order valence-electron chi connectivity index (χ1n) is 8.46. The van der Waals surface area contributed by atoms with Crippen LogP contribution >= 0.6 is 0 Å². The first-order chi connectivity index (χ1) is 11.8. The second-order valence-electron chi connectivity index (χ2n) is 6.87. The fourth-order valence-corrected chi connectivity index (χ4v) is 4.79. The van der Waals surface area contributed by atoms with Crippen molar-refractivity contribution in [3.05, 3.63) is 35.9 Å². The third-order valence-electron chi connectivity index (χ3n) is 4.92. The van der Waals surface area contributed by atoms with Gasteiger partial charge in [-0.1, -0.05) is 30.3 Å². The van der Waals surface area contributed by atoms with Gasteiger partial charge in [0.2, 0.25) is 21.8 Å². The molecule has 1 aliphatic carbocycles. The summed E-state index contributed by atoms with van der Waals surface area (Å²) < 4.78 is 26.7. The van der Waals surface area contributed by atoms with E-state index in [2.05, 4.69) is 5.32 Å². The molecule has 2 aliphatic rings. The molecule has 1 aromatic rings. The van der Waals surface area contributed by atoms with E-state index in [9.17, 15) is 18.0 Å². The van der Waals surface area contributed by atoms with Gasteiger partial charge in [-0.3, -0.25) is 9.59 Å². The van der Waals surface area contributed by atoms with Crippen molar-refractivity contribution in [3.8, 4) is 0 Å². The first kappa shape index (κ1) is 17.9. The molecule has 1 aromatic carbocycles. The molecule has 3 N–H and O–H groups in total. The number of carbonyl (C=O) groups is 2. The van der Waals surface area contributed by atoms with E-state index in [1.165, 1.54) is 4.31 Å². The van der Waals surface area contributed by atoms with Gasteiger partial charge in [-0.2, -0.15) is 0 Å². The highest BCUT2D eigenvalue weighted by molar-refractivity contribution is 7.88. The minimum Gasteiger partial charge on any atom is -0.368 e. The van der Waals surface area contributed by atoms with Crippen LogP contribution in [0.1, 0.15) is 31.2 Å². The van der Waals surface area contributed by atoms with Crippen molar-refractivity contribution in [2.24, 2.45) is 11.7 Å². The highest BCUT2D eigenvalue weighted by Crippen LogP contribution is 2.35. The molecule has 2 fully saturated rings. The SMILES string of the molecule is NC(=O)C1(NC(=O)C2CCCN(S(=O)(=O)Cc3ccccc3)C2)CC1. The van der Waals surface area contributed by atoms with E-state index in [-0.39, 0.29) is 18.2 Å². The molecule has 3 rings (SSSR count). The minimum atomic E-state index is -3.49. The molecule has 1 aliphatic heterocycles. The van der Waals surface area contributed by atoms with Crippen LogP contribution in [-0.4, -0.2) is 43.2 Å². The Labute approximate surface area is 147 Å². The predicted octanol–water partition coefficient (Wildman–Crippen LogP) is 0.362. The Hall–Kier alpha value is -1.93. The Morgan fingerprint density at radius 2 is 1.92 bits per heavy atom. The van der Waals surface area contributed by atoms with E-state index in [4.69, 9.17) is 5.73 Å². The van der Waals surface area contributed by atoms with Gasteiger partial charge in [-0.05, 0) is 31.2 Å². The Balaban J connectivity index is 1.64. The highest BCUT2D eigenvalue weighted by atomic mass is 32.2. The number of carbonyl (C=O) groups excluding carboxylic acids is 2. The number of hydrogen-bond acceptors (Lipinski definition) is 4. The summed E-state index contributed by atoms with van der Waals surface area (Å²) in [5, 5.41) is 2.72. The summed E-state index contributed by atoms with van der Waals surface area (Å²) in [5.74, 6) is -1.33. The van der Waals surface area contributed by atoms with Crippen molar-refractivity contribution in [1.82, 2.24) is 9.62 Å². The number of hydrogen-bond donors (Lipinski definition) is 2. The third kappa shape index (κ3) is 4.01. The lowest BCUT2D eigenvalue weighted by molar-refractivity contribution is -0.131. The zero-order chi connectivity index (χ0) is 18.1. The molecule has 1 unspecified atom stereocenters. The summed E-state index contributed by atoms with van der Waals surface area (Å²) in [6, 6.07) is 8.99. The number of nitrogens with two attached hydrogens (primary N) is 1. The van der Waals surface area contributed by atoms with Gasteiger partial charge < -0.3 is 11.1 Å². The molecule has 0 spiro atoms. The molecular weight excluding hydrogens is 342 g/mol. The van der Waals surface area contributed by atoms with Gasteiger partial charge in [-0.15, -0.1) is 0 Å². The Bertz CT molecular complexity index is 759. The van der Waals surface area contributed by atoms with Gasteiger partial charge in [0.15, 0.2) is 0 Å². The zero-order valence-corrected chi connectivity index (χ0v) is 14.8. The summed E-state index contributed by atoms with van der Waals surface area (Å²) >= 11 is 0. The van der Waals surface area contributed by atoms with Gasteiger partial charge in [-0.25, -0.2) is 12.7 Å². The van der Waals surface area contributed by atoms with E-state index < -0.39 is 27.4 Å². The molecular formula is C17H23N3O4S. The Kier molecular flexibility index (Phi) is 4.83. The van der Waals surface area contributed by atoms with Crippen LogP contribution in [0.4, 0.5) is 0 Å². The fraction of sp³-hybridized carbons (Fsp3) is 0.529. The maximum Gasteiger partial charge on any atom is 0.243 e. The molecule has 7 nitrogen and oxygen atoms in total. The molecule has 25 heavy (non-hydrogen) atoms. The number of piperidine rings is 1. The molecule has 1 atom stereocenters. The first-order valence-corrected chi connectivity index (χ1v) is 10.1. The topological polar surface area (TPSA) is 110 Å². The largest absolute Gasteiger partial charge is 0.368 e. The van der Waals surface area contributed by atoms with Crippen molar-refractivity contribution < 1.29 is 18.0 Å². The number of amides is 2. The van der Waals surface area contributed by atoms with E-state index in [1.807, 2.05) is 6.07 Å². The summed E-state index contributed by atoms with van der Waals surface area (Å²) in [5.41, 5.74) is 5.14. The van der Waals surface area contributed by atoms with Crippen LogP contribution < -0.4 is 11.1 Å². The van der Waals surface area contributed by atoms with Crippen molar-refractivity contribution in [1.29, 1.82) is 0 Å². The lowest BCUT2D eigenvalue weighted by Gasteiger charge is -2.32. The van der Waals surface area contributed by atoms with Crippen LogP contribution in [0.25, 0.3) is 0 Å². The molecule has 0 bridgehead atoms. The van der Waals surface area contributed by atoms with Crippen molar-refractivity contribution in [2.75, 3.05) is 13.1 Å². The second kappa shape index (κ2) is 6.76. The quantitative estimate of drug-likeness (QED) is 0.758. The van der Waals surface area contributed by atoms with Crippen LogP contribution in [0.15, 0.2) is 30.3 Å². The maximum absolute atomic E-state index is 12.6.